The molecule has 0 radical (unpaired) electrons. The third-order valence-corrected chi connectivity index (χ3v) is 9.22. The quantitative estimate of drug-likeness (QED) is 0.151. The molecule has 1 saturated carbocycles. The zero-order chi connectivity index (χ0) is 33.7. The van der Waals surface area contributed by atoms with Gasteiger partial charge in [-0.25, -0.2) is 36.8 Å². The fraction of sp³-hybridized carbons (Fsp3) is 0.194. The molecule has 0 bridgehead atoms. The molecular formula is C31H23F5N4O5S2. The summed E-state index contributed by atoms with van der Waals surface area (Å²) in [6, 6.07) is 11.1. The van der Waals surface area contributed by atoms with Gasteiger partial charge in [0, 0.05) is 22.9 Å². The van der Waals surface area contributed by atoms with Crippen LogP contribution >= 0.6 is 11.3 Å². The highest BCUT2D eigenvalue weighted by molar-refractivity contribution is 7.89. The predicted molar refractivity (Wildman–Crippen MR) is 160 cm³/mol. The Morgan fingerprint density at radius 1 is 1.04 bits per heavy atom. The van der Waals surface area contributed by atoms with Crippen molar-refractivity contribution >= 4 is 27.3 Å². The van der Waals surface area contributed by atoms with Crippen LogP contribution in [0.4, 0.5) is 22.0 Å². The topological polar surface area (TPSA) is 137 Å². The summed E-state index contributed by atoms with van der Waals surface area (Å²) < 4.78 is 99.6. The third-order valence-electron chi connectivity index (χ3n) is 7.46. The summed E-state index contributed by atoms with van der Waals surface area (Å²) in [5, 5.41) is 20.9. The number of carbonyl (C=O) groups is 1. The molecule has 1 fully saturated rings. The first-order valence-electron chi connectivity index (χ1n) is 13.9. The van der Waals surface area contributed by atoms with Gasteiger partial charge in [0.25, 0.3) is 0 Å². The molecular weight excluding hydrogens is 667 g/mol. The molecule has 0 saturated heterocycles. The van der Waals surface area contributed by atoms with E-state index in [1.165, 1.54) is 28.3 Å². The average molecular weight is 691 g/mol. The van der Waals surface area contributed by atoms with Gasteiger partial charge in [0.1, 0.15) is 16.5 Å². The lowest BCUT2D eigenvalue weighted by Crippen LogP contribution is -2.14. The molecule has 1 aliphatic rings. The number of aromatic carboxylic acids is 1. The zero-order valence-corrected chi connectivity index (χ0v) is 25.6. The summed E-state index contributed by atoms with van der Waals surface area (Å²) in [4.78, 5) is 15.1. The molecule has 3 N–H and O–H groups in total. The number of nitrogens with zero attached hydrogens (tertiary/aromatic N) is 3. The highest BCUT2D eigenvalue weighted by Gasteiger charge is 2.31. The van der Waals surface area contributed by atoms with Gasteiger partial charge in [-0.15, -0.1) is 11.3 Å². The molecule has 2 heterocycles. The van der Waals surface area contributed by atoms with Crippen molar-refractivity contribution in [3.63, 3.8) is 0 Å². The van der Waals surface area contributed by atoms with Crippen molar-refractivity contribution in [1.82, 2.24) is 14.8 Å². The average Bonchev–Trinajstić information content (AvgIpc) is 3.55. The Morgan fingerprint density at radius 2 is 1.77 bits per heavy atom. The summed E-state index contributed by atoms with van der Waals surface area (Å²) >= 11 is 1.04. The van der Waals surface area contributed by atoms with Crippen molar-refractivity contribution in [2.24, 2.45) is 11.1 Å². The van der Waals surface area contributed by atoms with Crippen molar-refractivity contribution < 1.29 is 45.0 Å². The fourth-order valence-corrected chi connectivity index (χ4v) is 6.34. The van der Waals surface area contributed by atoms with Crippen molar-refractivity contribution in [2.75, 3.05) is 0 Å². The molecule has 0 spiro atoms. The standard InChI is InChI=1S/C31H23F5N4O5S2/c32-22-9-4-18(14-26(22)45-20-7-5-19(6-8-20)31(34,35)36)28-21(11-17-3-10-27(23(33)12-17)47(37,43)44)25(13-16-1-2-16)40(39-28)30-38-24(15-46-30)29(41)42/h3-10,12,14-16H,1-2,11,13H2,(H,41,42)(H2,37,43,44). The minimum atomic E-state index is -4.57. The number of hydrogen-bond donors (Lipinski definition) is 2. The van der Waals surface area contributed by atoms with Gasteiger partial charge in [0.05, 0.1) is 17.0 Å². The Kier molecular flexibility index (Phi) is 8.36. The van der Waals surface area contributed by atoms with Gasteiger partial charge in [0.2, 0.25) is 15.2 Å². The number of aromatic nitrogens is 3. The molecule has 1 aliphatic carbocycles. The number of ether oxygens (including phenoxy) is 1. The molecule has 9 nitrogen and oxygen atoms in total. The van der Waals surface area contributed by atoms with E-state index in [0.717, 1.165) is 66.6 Å². The molecule has 47 heavy (non-hydrogen) atoms. The van der Waals surface area contributed by atoms with Crippen LogP contribution in [-0.4, -0.2) is 34.3 Å². The molecule has 3 aromatic carbocycles. The van der Waals surface area contributed by atoms with E-state index in [1.54, 1.807) is 0 Å². The van der Waals surface area contributed by atoms with Crippen LogP contribution in [0.15, 0.2) is 70.9 Å². The maximum absolute atomic E-state index is 15.0. The Bertz CT molecular complexity index is 2110. The predicted octanol–water partition coefficient (Wildman–Crippen LogP) is 6.97. The molecule has 0 unspecified atom stereocenters. The minimum absolute atomic E-state index is 0.0306. The Hall–Kier alpha value is -4.67. The van der Waals surface area contributed by atoms with Crippen molar-refractivity contribution in [1.29, 1.82) is 0 Å². The second-order valence-electron chi connectivity index (χ2n) is 10.9. The molecule has 5 aromatic rings. The van der Waals surface area contributed by atoms with E-state index < -0.39 is 44.3 Å². The number of sulfonamides is 1. The Balaban J connectivity index is 1.47. The van der Waals surface area contributed by atoms with Crippen molar-refractivity contribution in [2.45, 2.75) is 36.8 Å². The summed E-state index contributed by atoms with van der Waals surface area (Å²) in [7, 11) is -4.32. The highest BCUT2D eigenvalue weighted by Crippen LogP contribution is 2.40. The number of benzene rings is 3. The van der Waals surface area contributed by atoms with E-state index in [1.807, 2.05) is 0 Å². The lowest BCUT2D eigenvalue weighted by molar-refractivity contribution is -0.137. The van der Waals surface area contributed by atoms with Gasteiger partial charge in [-0.3, -0.25) is 0 Å². The number of thiazole rings is 1. The Morgan fingerprint density at radius 3 is 2.36 bits per heavy atom. The van der Waals surface area contributed by atoms with Crippen LogP contribution in [0.5, 0.6) is 11.5 Å². The van der Waals surface area contributed by atoms with Gasteiger partial charge >= 0.3 is 12.1 Å². The lowest BCUT2D eigenvalue weighted by Gasteiger charge is -2.12. The number of primary sulfonamides is 1. The van der Waals surface area contributed by atoms with Gasteiger partial charge in [-0.05, 0) is 85.3 Å². The van der Waals surface area contributed by atoms with Gasteiger partial charge in [0.15, 0.2) is 17.3 Å². The first kappa shape index (κ1) is 32.3. The maximum Gasteiger partial charge on any atom is 0.416 e. The minimum Gasteiger partial charge on any atom is -0.476 e. The number of rotatable bonds is 10. The number of alkyl halides is 3. The normalized spacial score (nSPS) is 13.6. The van der Waals surface area contributed by atoms with Crippen LogP contribution in [0.2, 0.25) is 0 Å². The molecule has 2 aromatic heterocycles. The highest BCUT2D eigenvalue weighted by atomic mass is 32.2. The van der Waals surface area contributed by atoms with Crippen LogP contribution in [0.25, 0.3) is 16.4 Å². The maximum atomic E-state index is 15.0. The molecule has 16 heteroatoms. The van der Waals surface area contributed by atoms with Crippen molar-refractivity contribution in [3.05, 3.63) is 106 Å². The summed E-state index contributed by atoms with van der Waals surface area (Å²) in [6.07, 6.45) is -2.18. The zero-order valence-electron chi connectivity index (χ0n) is 24.0. The van der Waals surface area contributed by atoms with E-state index in [0.29, 0.717) is 34.5 Å². The van der Waals surface area contributed by atoms with E-state index in [9.17, 15) is 40.3 Å². The van der Waals surface area contributed by atoms with Crippen molar-refractivity contribution in [3.8, 4) is 27.9 Å². The van der Waals surface area contributed by atoms with Gasteiger partial charge < -0.3 is 9.84 Å². The number of nitrogens with two attached hydrogens (primary N) is 1. The number of hydrogen-bond acceptors (Lipinski definition) is 7. The molecule has 0 aliphatic heterocycles. The smallest absolute Gasteiger partial charge is 0.416 e. The largest absolute Gasteiger partial charge is 0.476 e. The molecule has 0 atom stereocenters. The number of carboxylic acid groups (broad SMARTS) is 1. The molecule has 6 rings (SSSR count). The lowest BCUT2D eigenvalue weighted by atomic mass is 9.96. The van der Waals surface area contributed by atoms with Crippen LogP contribution in [0.3, 0.4) is 0 Å². The number of carboxylic acids is 1. The second kappa shape index (κ2) is 12.2. The summed E-state index contributed by atoms with van der Waals surface area (Å²) in [6.45, 7) is 0. The monoisotopic (exact) mass is 690 g/mol. The van der Waals surface area contributed by atoms with E-state index in [4.69, 9.17) is 15.0 Å². The number of halogens is 5. The van der Waals surface area contributed by atoms with Crippen LogP contribution in [0.1, 0.15) is 45.7 Å². The second-order valence-corrected chi connectivity index (χ2v) is 13.3. The SMILES string of the molecule is NS(=O)(=O)c1ccc(Cc2c(-c3ccc(F)c(Oc4ccc(C(F)(F)F)cc4)c3)nn(-c3nc(C(=O)O)cs3)c2CC2CC2)cc1F. The Labute approximate surface area is 268 Å². The molecule has 244 valence electrons. The third kappa shape index (κ3) is 7.03. The summed E-state index contributed by atoms with van der Waals surface area (Å²) in [5.74, 6) is -3.18. The van der Waals surface area contributed by atoms with E-state index in [-0.39, 0.29) is 34.7 Å². The first-order chi connectivity index (χ1) is 22.2. The first-order valence-corrected chi connectivity index (χ1v) is 16.4. The van der Waals surface area contributed by atoms with Crippen LogP contribution in [0, 0.1) is 17.6 Å². The molecule has 0 amide bonds. The van der Waals surface area contributed by atoms with Gasteiger partial charge in [-0.1, -0.05) is 6.07 Å². The van der Waals surface area contributed by atoms with Crippen LogP contribution < -0.4 is 9.88 Å². The van der Waals surface area contributed by atoms with E-state index >= 15 is 0 Å². The van der Waals surface area contributed by atoms with Gasteiger partial charge in [-0.2, -0.15) is 18.3 Å². The van der Waals surface area contributed by atoms with E-state index in [2.05, 4.69) is 4.98 Å². The van der Waals surface area contributed by atoms with Crippen LogP contribution in [-0.2, 0) is 29.0 Å². The fourth-order valence-electron chi connectivity index (χ4n) is 4.98. The summed E-state index contributed by atoms with van der Waals surface area (Å²) in [5.41, 5.74) is 1.08.